The van der Waals surface area contributed by atoms with E-state index in [2.05, 4.69) is 42.5 Å². The molecule has 1 aromatic heterocycles. The maximum absolute atomic E-state index is 4.64. The lowest BCUT2D eigenvalue weighted by atomic mass is 10.2. The van der Waals surface area contributed by atoms with Gasteiger partial charge < -0.3 is 0 Å². The van der Waals surface area contributed by atoms with Gasteiger partial charge in [-0.1, -0.05) is 13.8 Å². The smallest absolute Gasteiger partial charge is 0.154 e. The van der Waals surface area contributed by atoms with Crippen LogP contribution in [0, 0.1) is 0 Å². The minimum Gasteiger partial charge on any atom is -0.247 e. The lowest BCUT2D eigenvalue weighted by molar-refractivity contribution is 0.490. The van der Waals surface area contributed by atoms with Crippen LogP contribution in [0.15, 0.2) is 0 Å². The second-order valence-electron chi connectivity index (χ2n) is 4.80. The van der Waals surface area contributed by atoms with Gasteiger partial charge in [-0.3, -0.25) is 0 Å². The summed E-state index contributed by atoms with van der Waals surface area (Å²) in [5, 5.41) is 4.60. The third kappa shape index (κ3) is 1.68. The molecule has 1 aliphatic rings. The van der Waals surface area contributed by atoms with Crippen molar-refractivity contribution >= 4 is 0 Å². The average molecular weight is 193 g/mol. The number of hydrogen-bond acceptors (Lipinski definition) is 2. The van der Waals surface area contributed by atoms with Gasteiger partial charge in [0.15, 0.2) is 5.82 Å². The molecule has 1 aromatic rings. The molecule has 3 nitrogen and oxygen atoms in total. The summed E-state index contributed by atoms with van der Waals surface area (Å²) in [5.74, 6) is 3.34. The van der Waals surface area contributed by atoms with E-state index in [9.17, 15) is 0 Å². The third-order valence-corrected chi connectivity index (χ3v) is 2.62. The molecule has 1 saturated carbocycles. The molecule has 2 rings (SSSR count). The minimum absolute atomic E-state index is 0.424. The average Bonchev–Trinajstić information content (AvgIpc) is 2.83. The van der Waals surface area contributed by atoms with Gasteiger partial charge in [-0.05, 0) is 26.7 Å². The predicted molar refractivity (Wildman–Crippen MR) is 56.5 cm³/mol. The molecule has 0 radical (unpaired) electrons. The van der Waals surface area contributed by atoms with Crippen molar-refractivity contribution in [1.82, 2.24) is 14.8 Å². The molecule has 0 N–H and O–H groups in total. The Hall–Kier alpha value is -0.860. The molecule has 1 fully saturated rings. The topological polar surface area (TPSA) is 30.7 Å². The first-order chi connectivity index (χ1) is 6.59. The zero-order valence-electron chi connectivity index (χ0n) is 9.49. The number of rotatable bonds is 3. The molecule has 1 aliphatic carbocycles. The zero-order chi connectivity index (χ0) is 10.3. The summed E-state index contributed by atoms with van der Waals surface area (Å²) in [6, 6.07) is 0.424. The highest BCUT2D eigenvalue weighted by Gasteiger charge is 2.29. The molecular weight excluding hydrogens is 174 g/mol. The highest BCUT2D eigenvalue weighted by Crippen LogP contribution is 2.38. The van der Waals surface area contributed by atoms with E-state index in [1.807, 2.05) is 0 Å². The van der Waals surface area contributed by atoms with Gasteiger partial charge in [0, 0.05) is 17.9 Å². The first-order valence-electron chi connectivity index (χ1n) is 5.56. The van der Waals surface area contributed by atoms with Crippen molar-refractivity contribution < 1.29 is 0 Å². The third-order valence-electron chi connectivity index (χ3n) is 2.62. The Morgan fingerprint density at radius 1 is 1.21 bits per heavy atom. The Morgan fingerprint density at radius 2 is 1.86 bits per heavy atom. The van der Waals surface area contributed by atoms with Gasteiger partial charge in [0.2, 0.25) is 0 Å². The standard InChI is InChI=1S/C11H19N3/c1-7(2)11-12-10(9-5-6-9)13-14(11)8(3)4/h7-9H,5-6H2,1-4H3. The van der Waals surface area contributed by atoms with E-state index in [4.69, 9.17) is 0 Å². The summed E-state index contributed by atoms with van der Waals surface area (Å²) < 4.78 is 2.08. The summed E-state index contributed by atoms with van der Waals surface area (Å²) in [4.78, 5) is 4.64. The van der Waals surface area contributed by atoms with Crippen molar-refractivity contribution in [2.24, 2.45) is 0 Å². The zero-order valence-corrected chi connectivity index (χ0v) is 9.49. The largest absolute Gasteiger partial charge is 0.247 e. The van der Waals surface area contributed by atoms with Gasteiger partial charge in [-0.2, -0.15) is 5.10 Å². The van der Waals surface area contributed by atoms with Gasteiger partial charge in [0.1, 0.15) is 5.82 Å². The Kier molecular flexibility index (Phi) is 2.33. The fourth-order valence-corrected chi connectivity index (χ4v) is 1.64. The van der Waals surface area contributed by atoms with E-state index >= 15 is 0 Å². The van der Waals surface area contributed by atoms with Crippen LogP contribution in [-0.2, 0) is 0 Å². The van der Waals surface area contributed by atoms with Crippen molar-refractivity contribution in [2.45, 2.75) is 58.4 Å². The van der Waals surface area contributed by atoms with Crippen LogP contribution in [0.5, 0.6) is 0 Å². The molecule has 0 atom stereocenters. The van der Waals surface area contributed by atoms with Crippen molar-refractivity contribution in [3.05, 3.63) is 11.6 Å². The normalized spacial score (nSPS) is 17.0. The minimum atomic E-state index is 0.424. The summed E-state index contributed by atoms with van der Waals surface area (Å²) in [5.41, 5.74) is 0. The maximum atomic E-state index is 4.64. The maximum Gasteiger partial charge on any atom is 0.154 e. The van der Waals surface area contributed by atoms with E-state index in [1.54, 1.807) is 0 Å². The Morgan fingerprint density at radius 3 is 2.21 bits per heavy atom. The second kappa shape index (κ2) is 3.37. The van der Waals surface area contributed by atoms with Crippen LogP contribution in [0.4, 0.5) is 0 Å². The number of hydrogen-bond donors (Lipinski definition) is 0. The summed E-state index contributed by atoms with van der Waals surface area (Å²) in [7, 11) is 0. The Bertz CT molecular complexity index is 296. The van der Waals surface area contributed by atoms with Gasteiger partial charge in [0.05, 0.1) is 0 Å². The van der Waals surface area contributed by atoms with Gasteiger partial charge >= 0.3 is 0 Å². The SMILES string of the molecule is CC(C)c1nc(C2CC2)nn1C(C)C. The van der Waals surface area contributed by atoms with Gasteiger partial charge in [-0.15, -0.1) is 0 Å². The van der Waals surface area contributed by atoms with Gasteiger partial charge in [-0.25, -0.2) is 9.67 Å². The second-order valence-corrected chi connectivity index (χ2v) is 4.80. The Labute approximate surface area is 85.5 Å². The van der Waals surface area contributed by atoms with E-state index in [0.717, 1.165) is 11.6 Å². The van der Waals surface area contributed by atoms with E-state index in [1.165, 1.54) is 12.8 Å². The van der Waals surface area contributed by atoms with Crippen LogP contribution < -0.4 is 0 Å². The molecule has 0 saturated heterocycles. The van der Waals surface area contributed by atoms with E-state index in [-0.39, 0.29) is 0 Å². The molecule has 78 valence electrons. The summed E-state index contributed by atoms with van der Waals surface area (Å²) >= 11 is 0. The first-order valence-corrected chi connectivity index (χ1v) is 5.56. The number of nitrogens with zero attached hydrogens (tertiary/aromatic N) is 3. The molecule has 14 heavy (non-hydrogen) atoms. The molecule has 0 unspecified atom stereocenters. The van der Waals surface area contributed by atoms with Crippen molar-refractivity contribution in [1.29, 1.82) is 0 Å². The highest BCUT2D eigenvalue weighted by atomic mass is 15.4. The van der Waals surface area contributed by atoms with Crippen LogP contribution in [0.3, 0.4) is 0 Å². The van der Waals surface area contributed by atoms with Crippen LogP contribution in [0.2, 0.25) is 0 Å². The summed E-state index contributed by atoms with van der Waals surface area (Å²) in [6.45, 7) is 8.69. The molecular formula is C11H19N3. The van der Waals surface area contributed by atoms with Crippen LogP contribution in [0.1, 0.15) is 70.1 Å². The first kappa shape index (κ1) is 9.69. The van der Waals surface area contributed by atoms with Crippen LogP contribution in [-0.4, -0.2) is 14.8 Å². The predicted octanol–water partition coefficient (Wildman–Crippen LogP) is 2.86. The molecule has 0 amide bonds. The Balaban J connectivity index is 2.34. The fourth-order valence-electron chi connectivity index (χ4n) is 1.64. The number of aromatic nitrogens is 3. The van der Waals surface area contributed by atoms with E-state index in [0.29, 0.717) is 17.9 Å². The molecule has 1 heterocycles. The van der Waals surface area contributed by atoms with Crippen LogP contribution >= 0.6 is 0 Å². The van der Waals surface area contributed by atoms with Crippen LogP contribution in [0.25, 0.3) is 0 Å². The quantitative estimate of drug-likeness (QED) is 0.739. The molecule has 0 aromatic carbocycles. The lowest BCUT2D eigenvalue weighted by Gasteiger charge is -2.10. The van der Waals surface area contributed by atoms with Crippen molar-refractivity contribution in [2.75, 3.05) is 0 Å². The van der Waals surface area contributed by atoms with Gasteiger partial charge in [0.25, 0.3) is 0 Å². The molecule has 0 aliphatic heterocycles. The molecule has 0 bridgehead atoms. The fraction of sp³-hybridized carbons (Fsp3) is 0.818. The van der Waals surface area contributed by atoms with Crippen molar-refractivity contribution in [3.63, 3.8) is 0 Å². The highest BCUT2D eigenvalue weighted by molar-refractivity contribution is 5.08. The lowest BCUT2D eigenvalue weighted by Crippen LogP contribution is -2.09. The monoisotopic (exact) mass is 193 g/mol. The molecule has 3 heteroatoms. The van der Waals surface area contributed by atoms with Crippen molar-refractivity contribution in [3.8, 4) is 0 Å². The molecule has 0 spiro atoms. The van der Waals surface area contributed by atoms with E-state index < -0.39 is 0 Å². The summed E-state index contributed by atoms with van der Waals surface area (Å²) in [6.07, 6.45) is 2.55.